The molecule has 2 aromatic rings. The first kappa shape index (κ1) is 18.6. The van der Waals surface area contributed by atoms with Crippen molar-refractivity contribution in [1.82, 2.24) is 14.7 Å². The first-order valence-corrected chi connectivity index (χ1v) is 9.28. The maximum atomic E-state index is 13.2. The van der Waals surface area contributed by atoms with Crippen LogP contribution < -0.4 is 0 Å². The van der Waals surface area contributed by atoms with Crippen molar-refractivity contribution in [2.45, 2.75) is 40.0 Å². The van der Waals surface area contributed by atoms with Gasteiger partial charge in [-0.2, -0.15) is 5.10 Å². The highest BCUT2D eigenvalue weighted by molar-refractivity contribution is 5.95. The van der Waals surface area contributed by atoms with Gasteiger partial charge in [-0.3, -0.25) is 4.79 Å². The first-order valence-electron chi connectivity index (χ1n) is 9.28. The van der Waals surface area contributed by atoms with Crippen LogP contribution in [0.4, 0.5) is 0 Å². The van der Waals surface area contributed by atoms with Crippen LogP contribution in [0.5, 0.6) is 0 Å². The molecule has 5 nitrogen and oxygen atoms in total. The minimum Gasteiger partial charge on any atom is -0.396 e. The predicted molar refractivity (Wildman–Crippen MR) is 103 cm³/mol. The van der Waals surface area contributed by atoms with E-state index in [2.05, 4.69) is 34.6 Å². The summed E-state index contributed by atoms with van der Waals surface area (Å²) >= 11 is 0. The molecule has 1 fully saturated rings. The lowest BCUT2D eigenvalue weighted by atomic mass is 9.89. The number of hydrogen-bond donors (Lipinski definition) is 1. The third-order valence-electron chi connectivity index (χ3n) is 5.24. The van der Waals surface area contributed by atoms with Crippen molar-refractivity contribution in [3.8, 4) is 5.69 Å². The van der Waals surface area contributed by atoms with Gasteiger partial charge in [0.2, 0.25) is 0 Å². The van der Waals surface area contributed by atoms with Crippen LogP contribution in [0.15, 0.2) is 30.5 Å². The molecule has 1 aromatic heterocycles. The maximum absolute atomic E-state index is 13.2. The van der Waals surface area contributed by atoms with Gasteiger partial charge in [-0.05, 0) is 25.0 Å². The molecule has 2 atom stereocenters. The zero-order valence-electron chi connectivity index (χ0n) is 16.4. The number of amides is 1. The molecule has 0 radical (unpaired) electrons. The monoisotopic (exact) mass is 355 g/mol. The number of carbonyl (C=O) groups excluding carboxylic acids is 1. The molecule has 3 rings (SSSR count). The third kappa shape index (κ3) is 3.54. The fourth-order valence-corrected chi connectivity index (χ4v) is 3.52. The Morgan fingerprint density at radius 1 is 1.23 bits per heavy atom. The van der Waals surface area contributed by atoms with Crippen molar-refractivity contribution in [3.63, 3.8) is 0 Å². The second-order valence-corrected chi connectivity index (χ2v) is 8.55. The molecule has 0 bridgehead atoms. The van der Waals surface area contributed by atoms with Gasteiger partial charge in [-0.15, -0.1) is 0 Å². The number of aromatic nitrogens is 2. The number of rotatable bonds is 3. The summed E-state index contributed by atoms with van der Waals surface area (Å²) in [5.41, 5.74) is 3.37. The molecule has 1 N–H and O–H groups in total. The molecule has 2 heterocycles. The van der Waals surface area contributed by atoms with Crippen LogP contribution in [0.2, 0.25) is 0 Å². The van der Waals surface area contributed by atoms with Gasteiger partial charge in [0.15, 0.2) is 0 Å². The molecule has 0 saturated carbocycles. The first-order chi connectivity index (χ1) is 12.2. The van der Waals surface area contributed by atoms with Crippen LogP contribution in [0, 0.1) is 18.8 Å². The number of benzene rings is 1. The highest BCUT2D eigenvalue weighted by Gasteiger charge is 2.35. The van der Waals surface area contributed by atoms with Crippen molar-refractivity contribution < 1.29 is 9.90 Å². The van der Waals surface area contributed by atoms with Gasteiger partial charge in [0, 0.05) is 37.2 Å². The van der Waals surface area contributed by atoms with Crippen LogP contribution >= 0.6 is 0 Å². The minimum absolute atomic E-state index is 0.0103. The Morgan fingerprint density at radius 2 is 1.88 bits per heavy atom. The molecule has 1 saturated heterocycles. The molecular weight excluding hydrogens is 326 g/mol. The van der Waals surface area contributed by atoms with E-state index in [0.29, 0.717) is 24.6 Å². The van der Waals surface area contributed by atoms with Crippen molar-refractivity contribution in [1.29, 1.82) is 0 Å². The largest absolute Gasteiger partial charge is 0.396 e. The summed E-state index contributed by atoms with van der Waals surface area (Å²) < 4.78 is 1.80. The highest BCUT2D eigenvalue weighted by atomic mass is 16.3. The number of hydrogen-bond acceptors (Lipinski definition) is 3. The van der Waals surface area contributed by atoms with Crippen LogP contribution in [-0.2, 0) is 5.41 Å². The smallest absolute Gasteiger partial charge is 0.257 e. The van der Waals surface area contributed by atoms with E-state index in [1.54, 1.807) is 4.68 Å². The highest BCUT2D eigenvalue weighted by Crippen LogP contribution is 2.29. The van der Waals surface area contributed by atoms with E-state index in [0.717, 1.165) is 11.4 Å². The van der Waals surface area contributed by atoms with Crippen LogP contribution in [-0.4, -0.2) is 45.4 Å². The van der Waals surface area contributed by atoms with Gasteiger partial charge in [0.05, 0.1) is 16.9 Å². The van der Waals surface area contributed by atoms with E-state index < -0.39 is 0 Å². The van der Waals surface area contributed by atoms with E-state index in [9.17, 15) is 9.90 Å². The molecule has 0 aliphatic carbocycles. The van der Waals surface area contributed by atoms with Gasteiger partial charge in [-0.1, -0.05) is 45.4 Å². The molecule has 1 amide bonds. The number of nitrogens with zero attached hydrogens (tertiary/aromatic N) is 3. The average molecular weight is 355 g/mol. The number of likely N-dealkylation sites (tertiary alicyclic amines) is 1. The van der Waals surface area contributed by atoms with E-state index >= 15 is 0 Å². The number of aliphatic hydroxyl groups excluding tert-OH is 1. The van der Waals surface area contributed by atoms with E-state index in [-0.39, 0.29) is 23.8 Å². The summed E-state index contributed by atoms with van der Waals surface area (Å²) in [7, 11) is 0. The SMILES string of the molecule is Cc1ccc(-n2cc(C(=O)N3C[C@@H](CO)[C@H](C)C3)c(C(C)(C)C)n2)cc1. The zero-order valence-corrected chi connectivity index (χ0v) is 16.4. The summed E-state index contributed by atoms with van der Waals surface area (Å²) in [5.74, 6) is 0.481. The number of aliphatic hydroxyl groups is 1. The van der Waals surface area contributed by atoms with Crippen molar-refractivity contribution in [2.24, 2.45) is 11.8 Å². The molecule has 0 spiro atoms. The second kappa shape index (κ2) is 6.88. The Labute approximate surface area is 155 Å². The zero-order chi connectivity index (χ0) is 19.1. The summed E-state index contributed by atoms with van der Waals surface area (Å²) in [5, 5.41) is 14.3. The molecule has 1 aliphatic rings. The molecule has 140 valence electrons. The van der Waals surface area contributed by atoms with E-state index in [4.69, 9.17) is 5.10 Å². The molecule has 1 aromatic carbocycles. The van der Waals surface area contributed by atoms with Crippen LogP contribution in [0.1, 0.15) is 49.3 Å². The molecule has 26 heavy (non-hydrogen) atoms. The summed E-state index contributed by atoms with van der Waals surface area (Å²) in [6, 6.07) is 8.12. The normalized spacial score (nSPS) is 20.6. The maximum Gasteiger partial charge on any atom is 0.257 e. The van der Waals surface area contributed by atoms with E-state index in [1.165, 1.54) is 5.56 Å². The van der Waals surface area contributed by atoms with Gasteiger partial charge < -0.3 is 10.0 Å². The molecule has 1 aliphatic heterocycles. The topological polar surface area (TPSA) is 58.4 Å². The third-order valence-corrected chi connectivity index (χ3v) is 5.24. The lowest BCUT2D eigenvalue weighted by molar-refractivity contribution is 0.0778. The Kier molecular flexibility index (Phi) is 4.93. The van der Waals surface area contributed by atoms with Crippen molar-refractivity contribution in [3.05, 3.63) is 47.3 Å². The van der Waals surface area contributed by atoms with Gasteiger partial charge in [0.25, 0.3) is 5.91 Å². The van der Waals surface area contributed by atoms with Crippen molar-refractivity contribution >= 4 is 5.91 Å². The van der Waals surface area contributed by atoms with Crippen LogP contribution in [0.25, 0.3) is 5.69 Å². The molecule has 0 unspecified atom stereocenters. The standard InChI is InChI=1S/C21H29N3O2/c1-14-6-8-17(9-7-14)24-12-18(19(22-24)21(3,4)5)20(26)23-10-15(2)16(11-23)13-25/h6-9,12,15-16,25H,10-11,13H2,1-5H3/t15-,16+/m1/s1. The Balaban J connectivity index is 1.98. The van der Waals surface area contributed by atoms with Crippen molar-refractivity contribution in [2.75, 3.05) is 19.7 Å². The Hall–Kier alpha value is -2.14. The lowest BCUT2D eigenvalue weighted by Gasteiger charge is -2.20. The second-order valence-electron chi connectivity index (χ2n) is 8.55. The number of aryl methyl sites for hydroxylation is 1. The van der Waals surface area contributed by atoms with E-state index in [1.807, 2.05) is 35.4 Å². The molecular formula is C21H29N3O2. The Morgan fingerprint density at radius 3 is 2.42 bits per heavy atom. The summed E-state index contributed by atoms with van der Waals surface area (Å²) in [6.45, 7) is 11.8. The Bertz CT molecular complexity index is 787. The summed E-state index contributed by atoms with van der Waals surface area (Å²) in [4.78, 5) is 15.1. The minimum atomic E-state index is -0.233. The fourth-order valence-electron chi connectivity index (χ4n) is 3.52. The quantitative estimate of drug-likeness (QED) is 0.920. The summed E-state index contributed by atoms with van der Waals surface area (Å²) in [6.07, 6.45) is 1.85. The fraction of sp³-hybridized carbons (Fsp3) is 0.524. The van der Waals surface area contributed by atoms with Gasteiger partial charge in [-0.25, -0.2) is 4.68 Å². The predicted octanol–water partition coefficient (Wildman–Crippen LogP) is 3.18. The van der Waals surface area contributed by atoms with Crippen LogP contribution in [0.3, 0.4) is 0 Å². The van der Waals surface area contributed by atoms with Gasteiger partial charge in [0.1, 0.15) is 0 Å². The number of carbonyl (C=O) groups is 1. The molecule has 5 heteroatoms. The lowest BCUT2D eigenvalue weighted by Crippen LogP contribution is -2.31. The van der Waals surface area contributed by atoms with Gasteiger partial charge >= 0.3 is 0 Å². The average Bonchev–Trinajstić information content (AvgIpc) is 3.18.